The van der Waals surface area contributed by atoms with E-state index in [0.29, 0.717) is 0 Å². The molecule has 23 heavy (non-hydrogen) atoms. The molecule has 0 unspecified atom stereocenters. The maximum Gasteiger partial charge on any atom is 0.307 e. The molecule has 0 saturated carbocycles. The lowest BCUT2D eigenvalue weighted by Gasteiger charge is -2.33. The van der Waals surface area contributed by atoms with Gasteiger partial charge < -0.3 is 5.11 Å². The Kier molecular flexibility index (Phi) is 6.74. The number of carboxylic acids is 1. The molecule has 0 fully saturated rings. The number of rotatable bonds is 6. The Labute approximate surface area is 139 Å². The molecule has 0 aromatic rings. The molecule has 1 aliphatic rings. The Morgan fingerprint density at radius 1 is 1.26 bits per heavy atom. The average molecular weight is 316 g/mol. The Morgan fingerprint density at radius 2 is 1.91 bits per heavy atom. The third kappa shape index (κ3) is 6.01. The van der Waals surface area contributed by atoms with Crippen LogP contribution in [-0.2, 0) is 9.59 Å². The van der Waals surface area contributed by atoms with E-state index in [-0.39, 0.29) is 17.6 Å². The first-order chi connectivity index (χ1) is 10.6. The fourth-order valence-electron chi connectivity index (χ4n) is 3.16. The first-order valence-electron chi connectivity index (χ1n) is 8.12. The molecule has 126 valence electrons. The third-order valence-electron chi connectivity index (χ3n) is 4.23. The van der Waals surface area contributed by atoms with Gasteiger partial charge in [0, 0.05) is 5.57 Å². The number of carboxylic acid groups (broad SMARTS) is 1. The van der Waals surface area contributed by atoms with Crippen LogP contribution in [0.1, 0.15) is 60.3 Å². The van der Waals surface area contributed by atoms with Crippen LogP contribution in [0.15, 0.2) is 46.6 Å². The second-order valence-corrected chi connectivity index (χ2v) is 7.09. The van der Waals surface area contributed by atoms with E-state index >= 15 is 0 Å². The predicted octanol–water partition coefficient (Wildman–Crippen LogP) is 5.01. The van der Waals surface area contributed by atoms with Crippen molar-refractivity contribution in [3.8, 4) is 0 Å². The molecule has 0 amide bonds. The normalized spacial score (nSPS) is 19.3. The summed E-state index contributed by atoms with van der Waals surface area (Å²) >= 11 is 0. The first kappa shape index (κ1) is 19.1. The standard InChI is InChI=1S/C20H28O3/c1-14(8-6-9-15(2)13-18(22)23)12-17(21)19-16(3)10-7-11-20(19,4)5/h6,8-9,12H,7,10-11,13H2,1-5H3,(H,22,23)/b8-6+,14-12+,15-9+. The van der Waals surface area contributed by atoms with Crippen molar-refractivity contribution in [2.75, 3.05) is 0 Å². The minimum Gasteiger partial charge on any atom is -0.481 e. The molecule has 3 heteroatoms. The fraction of sp³-hybridized carbons (Fsp3) is 0.500. The van der Waals surface area contributed by atoms with Crippen molar-refractivity contribution in [3.63, 3.8) is 0 Å². The van der Waals surface area contributed by atoms with Crippen LogP contribution in [0.25, 0.3) is 0 Å². The van der Waals surface area contributed by atoms with Gasteiger partial charge in [-0.25, -0.2) is 0 Å². The SMILES string of the molecule is CC1=C(C(=O)/C=C(C)/C=C/C=C(\C)CC(=O)O)C(C)(C)CCC1. The largest absolute Gasteiger partial charge is 0.481 e. The van der Waals surface area contributed by atoms with E-state index in [9.17, 15) is 9.59 Å². The monoisotopic (exact) mass is 316 g/mol. The molecule has 1 rings (SSSR count). The summed E-state index contributed by atoms with van der Waals surface area (Å²) in [6.07, 6.45) is 10.3. The van der Waals surface area contributed by atoms with Crippen molar-refractivity contribution in [2.24, 2.45) is 5.41 Å². The molecule has 0 atom stereocenters. The zero-order chi connectivity index (χ0) is 17.6. The van der Waals surface area contributed by atoms with E-state index in [1.807, 2.05) is 13.0 Å². The maximum absolute atomic E-state index is 12.6. The van der Waals surface area contributed by atoms with E-state index in [1.54, 1.807) is 25.2 Å². The summed E-state index contributed by atoms with van der Waals surface area (Å²) in [4.78, 5) is 23.2. The molecule has 0 aromatic heterocycles. The zero-order valence-corrected chi connectivity index (χ0v) is 14.9. The predicted molar refractivity (Wildman–Crippen MR) is 94.2 cm³/mol. The van der Waals surface area contributed by atoms with Gasteiger partial charge in [0.25, 0.3) is 0 Å². The highest BCUT2D eigenvalue weighted by atomic mass is 16.4. The number of hydrogen-bond acceptors (Lipinski definition) is 2. The van der Waals surface area contributed by atoms with Gasteiger partial charge in [-0.05, 0) is 57.1 Å². The molecule has 0 aromatic carbocycles. The van der Waals surface area contributed by atoms with E-state index in [2.05, 4.69) is 20.8 Å². The molecule has 1 aliphatic carbocycles. The fourth-order valence-corrected chi connectivity index (χ4v) is 3.16. The number of aliphatic carboxylic acids is 1. The Balaban J connectivity index is 2.85. The first-order valence-corrected chi connectivity index (χ1v) is 8.12. The van der Waals surface area contributed by atoms with Crippen LogP contribution in [-0.4, -0.2) is 16.9 Å². The number of ketones is 1. The lowest BCUT2D eigenvalue weighted by molar-refractivity contribution is -0.136. The lowest BCUT2D eigenvalue weighted by Crippen LogP contribution is -2.25. The van der Waals surface area contributed by atoms with Crippen LogP contribution in [0, 0.1) is 5.41 Å². The second kappa shape index (κ2) is 8.09. The van der Waals surface area contributed by atoms with Crippen molar-refractivity contribution in [1.29, 1.82) is 0 Å². The molecule has 1 N–H and O–H groups in total. The van der Waals surface area contributed by atoms with Crippen LogP contribution in [0.5, 0.6) is 0 Å². The van der Waals surface area contributed by atoms with Crippen LogP contribution in [0.3, 0.4) is 0 Å². The summed E-state index contributed by atoms with van der Waals surface area (Å²) in [7, 11) is 0. The Morgan fingerprint density at radius 3 is 2.48 bits per heavy atom. The van der Waals surface area contributed by atoms with Crippen molar-refractivity contribution in [2.45, 2.75) is 60.3 Å². The maximum atomic E-state index is 12.6. The Bertz CT molecular complexity index is 598. The number of allylic oxidation sites excluding steroid dienone is 7. The molecule has 0 radical (unpaired) electrons. The molecular formula is C20H28O3. The lowest BCUT2D eigenvalue weighted by atomic mass is 9.71. The van der Waals surface area contributed by atoms with Gasteiger partial charge in [0.2, 0.25) is 0 Å². The zero-order valence-electron chi connectivity index (χ0n) is 14.9. The summed E-state index contributed by atoms with van der Waals surface area (Å²) in [5.74, 6) is -0.739. The van der Waals surface area contributed by atoms with Crippen molar-refractivity contribution >= 4 is 11.8 Å². The smallest absolute Gasteiger partial charge is 0.307 e. The van der Waals surface area contributed by atoms with E-state index < -0.39 is 5.97 Å². The van der Waals surface area contributed by atoms with Crippen molar-refractivity contribution in [3.05, 3.63) is 46.6 Å². The highest BCUT2D eigenvalue weighted by molar-refractivity contribution is 6.06. The van der Waals surface area contributed by atoms with Crippen LogP contribution < -0.4 is 0 Å². The van der Waals surface area contributed by atoms with Gasteiger partial charge in [-0.1, -0.05) is 43.2 Å². The molecular weight excluding hydrogens is 288 g/mol. The minimum absolute atomic E-state index is 0.0340. The van der Waals surface area contributed by atoms with Crippen molar-refractivity contribution < 1.29 is 14.7 Å². The van der Waals surface area contributed by atoms with Crippen molar-refractivity contribution in [1.82, 2.24) is 0 Å². The van der Waals surface area contributed by atoms with E-state index in [4.69, 9.17) is 5.11 Å². The topological polar surface area (TPSA) is 54.4 Å². The number of carbonyl (C=O) groups is 2. The van der Waals surface area contributed by atoms with Crippen LogP contribution in [0.4, 0.5) is 0 Å². The van der Waals surface area contributed by atoms with Crippen LogP contribution in [0.2, 0.25) is 0 Å². The molecule has 0 spiro atoms. The van der Waals surface area contributed by atoms with Gasteiger partial charge in [0.1, 0.15) is 0 Å². The second-order valence-electron chi connectivity index (χ2n) is 7.09. The van der Waals surface area contributed by atoms with Crippen LogP contribution >= 0.6 is 0 Å². The molecule has 3 nitrogen and oxygen atoms in total. The van der Waals surface area contributed by atoms with E-state index in [0.717, 1.165) is 36.0 Å². The number of hydrogen-bond donors (Lipinski definition) is 1. The minimum atomic E-state index is -0.837. The summed E-state index contributed by atoms with van der Waals surface area (Å²) in [5.41, 5.74) is 3.75. The van der Waals surface area contributed by atoms with Gasteiger partial charge in [-0.2, -0.15) is 0 Å². The highest BCUT2D eigenvalue weighted by Gasteiger charge is 2.31. The average Bonchev–Trinajstić information content (AvgIpc) is 2.35. The van der Waals surface area contributed by atoms with Gasteiger partial charge in [-0.3, -0.25) is 9.59 Å². The summed E-state index contributed by atoms with van der Waals surface area (Å²) in [5, 5.41) is 8.70. The molecule has 0 saturated heterocycles. The molecule has 0 bridgehead atoms. The summed E-state index contributed by atoms with van der Waals surface area (Å²) in [6, 6.07) is 0. The van der Waals surface area contributed by atoms with Gasteiger partial charge in [0.15, 0.2) is 5.78 Å². The molecule has 0 heterocycles. The highest BCUT2D eigenvalue weighted by Crippen LogP contribution is 2.40. The van der Waals surface area contributed by atoms with Gasteiger partial charge in [0.05, 0.1) is 6.42 Å². The van der Waals surface area contributed by atoms with Gasteiger partial charge in [-0.15, -0.1) is 0 Å². The third-order valence-corrected chi connectivity index (χ3v) is 4.23. The molecule has 0 aliphatic heterocycles. The van der Waals surface area contributed by atoms with E-state index in [1.165, 1.54) is 5.57 Å². The Hall–Kier alpha value is -1.90. The quantitative estimate of drug-likeness (QED) is 0.554. The summed E-state index contributed by atoms with van der Waals surface area (Å²) < 4.78 is 0. The number of carbonyl (C=O) groups excluding carboxylic acids is 1. The summed E-state index contributed by atoms with van der Waals surface area (Å²) in [6.45, 7) is 10.0. The van der Waals surface area contributed by atoms with Gasteiger partial charge >= 0.3 is 5.97 Å².